The van der Waals surface area contributed by atoms with Crippen LogP contribution in [0.5, 0.6) is 0 Å². The first kappa shape index (κ1) is 29.5. The fourth-order valence-electron chi connectivity index (χ4n) is 6.82. The smallest absolute Gasteiger partial charge is 0.232 e. The Morgan fingerprint density at radius 2 is 1.80 bits per heavy atom. The largest absolute Gasteiger partial charge is 0.360 e. The van der Waals surface area contributed by atoms with Gasteiger partial charge in [-0.05, 0) is 65.9 Å². The molecule has 0 radical (unpaired) electrons. The molecule has 1 fully saturated rings. The van der Waals surface area contributed by atoms with Gasteiger partial charge in [0.25, 0.3) is 0 Å². The van der Waals surface area contributed by atoms with E-state index >= 15 is 0 Å². The van der Waals surface area contributed by atoms with E-state index in [-0.39, 0.29) is 12.0 Å². The van der Waals surface area contributed by atoms with Crippen molar-refractivity contribution in [3.8, 4) is 11.4 Å². The quantitative estimate of drug-likeness (QED) is 0.214. The van der Waals surface area contributed by atoms with Crippen molar-refractivity contribution in [1.29, 1.82) is 0 Å². The number of nitrogens with zero attached hydrogens (tertiary/aromatic N) is 7. The van der Waals surface area contributed by atoms with Gasteiger partial charge < -0.3 is 14.0 Å². The number of aliphatic imine (C=N–C) groups is 1. The van der Waals surface area contributed by atoms with Crippen molar-refractivity contribution in [3.05, 3.63) is 71.9 Å². The summed E-state index contributed by atoms with van der Waals surface area (Å²) in [5.41, 5.74) is 4.51. The van der Waals surface area contributed by atoms with Crippen LogP contribution in [-0.4, -0.2) is 70.8 Å². The highest BCUT2D eigenvalue weighted by molar-refractivity contribution is 7.92. The van der Waals surface area contributed by atoms with Crippen LogP contribution in [0.1, 0.15) is 62.7 Å². The summed E-state index contributed by atoms with van der Waals surface area (Å²) < 4.78 is 35.7. The summed E-state index contributed by atoms with van der Waals surface area (Å²) in [6, 6.07) is 18.4. The molecule has 45 heavy (non-hydrogen) atoms. The molecular formula is C34H39N7O3S. The number of amidine groups is 1. The third-order valence-corrected chi connectivity index (χ3v) is 10.2. The van der Waals surface area contributed by atoms with Crippen molar-refractivity contribution in [3.63, 3.8) is 0 Å². The average Bonchev–Trinajstić information content (AvgIpc) is 3.78. The van der Waals surface area contributed by atoms with Crippen molar-refractivity contribution in [2.45, 2.75) is 65.0 Å². The highest BCUT2D eigenvalue weighted by Crippen LogP contribution is 2.32. The van der Waals surface area contributed by atoms with Crippen LogP contribution in [0.2, 0.25) is 0 Å². The maximum Gasteiger partial charge on any atom is 0.232 e. The minimum absolute atomic E-state index is 0.102. The lowest BCUT2D eigenvalue weighted by molar-refractivity contribution is 0.311. The number of fused-ring (bicyclic) bond motifs is 2. The summed E-state index contributed by atoms with van der Waals surface area (Å²) in [6.45, 7) is 9.22. The summed E-state index contributed by atoms with van der Waals surface area (Å²) >= 11 is 0. The van der Waals surface area contributed by atoms with Gasteiger partial charge in [-0.1, -0.05) is 43.3 Å². The molecule has 234 valence electrons. The lowest BCUT2D eigenvalue weighted by Gasteiger charge is -2.39. The van der Waals surface area contributed by atoms with Crippen LogP contribution in [0.15, 0.2) is 64.1 Å². The molecule has 4 heterocycles. The summed E-state index contributed by atoms with van der Waals surface area (Å²) in [5.74, 6) is 3.44. The number of piperidine rings is 1. The van der Waals surface area contributed by atoms with Crippen molar-refractivity contribution in [2.75, 3.05) is 30.2 Å². The molecule has 2 aliphatic rings. The van der Waals surface area contributed by atoms with E-state index in [1.807, 2.05) is 24.3 Å². The van der Waals surface area contributed by atoms with Crippen LogP contribution in [0.4, 0.5) is 5.69 Å². The van der Waals surface area contributed by atoms with E-state index in [2.05, 4.69) is 68.8 Å². The molecule has 0 bridgehead atoms. The van der Waals surface area contributed by atoms with E-state index < -0.39 is 10.0 Å². The molecule has 0 aliphatic carbocycles. The molecule has 0 spiro atoms. The zero-order valence-electron chi connectivity index (χ0n) is 26.3. The maximum absolute atomic E-state index is 13.3. The van der Waals surface area contributed by atoms with Gasteiger partial charge in [-0.15, -0.1) is 0 Å². The molecule has 2 aromatic heterocycles. The van der Waals surface area contributed by atoms with Crippen molar-refractivity contribution < 1.29 is 12.9 Å². The van der Waals surface area contributed by atoms with Crippen LogP contribution in [0.3, 0.4) is 0 Å². The lowest BCUT2D eigenvalue weighted by Crippen LogP contribution is -2.48. The Bertz CT molecular complexity index is 2020. The van der Waals surface area contributed by atoms with Gasteiger partial charge in [0.2, 0.25) is 21.7 Å². The summed E-state index contributed by atoms with van der Waals surface area (Å²) in [6.07, 6.45) is 4.99. The van der Waals surface area contributed by atoms with Gasteiger partial charge in [-0.3, -0.25) is 9.30 Å². The second-order valence-corrected chi connectivity index (χ2v) is 14.5. The molecule has 0 unspecified atom stereocenters. The molecule has 5 aromatic rings. The lowest BCUT2D eigenvalue weighted by atomic mass is 10.0. The third-order valence-electron chi connectivity index (χ3n) is 8.93. The van der Waals surface area contributed by atoms with E-state index in [4.69, 9.17) is 9.51 Å². The highest BCUT2D eigenvalue weighted by atomic mass is 32.2. The normalized spacial score (nSPS) is 16.3. The SMILES string of the molecule is Cc1nc(-c2ccc3ccc(Cn4c(C(C)C)nc5ccc(N(C6CCN(C7=NCCC7)CC6)S(C)(=O)=O)cc54)cc3c2)no1. The summed E-state index contributed by atoms with van der Waals surface area (Å²) in [7, 11) is -3.52. The van der Waals surface area contributed by atoms with Crippen molar-refractivity contribution >= 4 is 43.4 Å². The first-order valence-electron chi connectivity index (χ1n) is 15.8. The number of benzene rings is 3. The van der Waals surface area contributed by atoms with Gasteiger partial charge in [0.15, 0.2) is 0 Å². The second kappa shape index (κ2) is 11.6. The van der Waals surface area contributed by atoms with Crippen molar-refractivity contribution in [1.82, 2.24) is 24.6 Å². The van der Waals surface area contributed by atoms with Crippen molar-refractivity contribution in [2.24, 2.45) is 4.99 Å². The van der Waals surface area contributed by atoms with Gasteiger partial charge in [-0.2, -0.15) is 4.98 Å². The number of likely N-dealkylation sites (tertiary alicyclic amines) is 1. The van der Waals surface area contributed by atoms with Crippen LogP contribution in [0.25, 0.3) is 33.2 Å². The number of hydrogen-bond acceptors (Lipinski definition) is 8. The summed E-state index contributed by atoms with van der Waals surface area (Å²) in [4.78, 5) is 16.4. The maximum atomic E-state index is 13.3. The summed E-state index contributed by atoms with van der Waals surface area (Å²) in [5, 5.41) is 6.29. The van der Waals surface area contributed by atoms with Crippen LogP contribution < -0.4 is 4.31 Å². The Labute approximate surface area is 263 Å². The molecule has 0 N–H and O–H groups in total. The van der Waals surface area contributed by atoms with Gasteiger partial charge in [-0.25, -0.2) is 13.4 Å². The predicted molar refractivity (Wildman–Crippen MR) is 178 cm³/mol. The molecule has 0 atom stereocenters. The van der Waals surface area contributed by atoms with Gasteiger partial charge >= 0.3 is 0 Å². The molecule has 10 nitrogen and oxygen atoms in total. The van der Waals surface area contributed by atoms with Crippen LogP contribution in [0, 0.1) is 6.92 Å². The third kappa shape index (κ3) is 5.81. The minimum atomic E-state index is -3.52. The predicted octanol–water partition coefficient (Wildman–Crippen LogP) is 6.14. The number of aryl methyl sites for hydroxylation is 1. The second-order valence-electron chi connectivity index (χ2n) is 12.6. The monoisotopic (exact) mass is 625 g/mol. The first-order chi connectivity index (χ1) is 21.6. The average molecular weight is 626 g/mol. The first-order valence-corrected chi connectivity index (χ1v) is 17.6. The molecular weight excluding hydrogens is 586 g/mol. The van der Waals surface area contributed by atoms with E-state index in [0.29, 0.717) is 23.9 Å². The molecule has 11 heteroatoms. The number of anilines is 1. The van der Waals surface area contributed by atoms with Crippen LogP contribution >= 0.6 is 0 Å². The number of sulfonamides is 1. The van der Waals surface area contributed by atoms with Gasteiger partial charge in [0, 0.05) is 57.0 Å². The fraction of sp³-hybridized carbons (Fsp3) is 0.412. The molecule has 1 saturated heterocycles. The van der Waals surface area contributed by atoms with E-state index in [1.165, 1.54) is 12.1 Å². The minimum Gasteiger partial charge on any atom is -0.360 e. The Morgan fingerprint density at radius 1 is 1.00 bits per heavy atom. The Kier molecular flexibility index (Phi) is 7.59. The fourth-order valence-corrected chi connectivity index (χ4v) is 8.07. The Hall–Kier alpha value is -4.25. The topological polar surface area (TPSA) is 110 Å². The number of rotatable bonds is 7. The van der Waals surface area contributed by atoms with E-state index in [1.54, 1.807) is 11.2 Å². The van der Waals surface area contributed by atoms with E-state index in [0.717, 1.165) is 84.1 Å². The van der Waals surface area contributed by atoms with E-state index in [9.17, 15) is 8.42 Å². The zero-order valence-corrected chi connectivity index (χ0v) is 27.1. The highest BCUT2D eigenvalue weighted by Gasteiger charge is 2.32. The molecule has 7 rings (SSSR count). The van der Waals surface area contributed by atoms with Gasteiger partial charge in [0.1, 0.15) is 5.82 Å². The van der Waals surface area contributed by atoms with Gasteiger partial charge in [0.05, 0.1) is 28.8 Å². The number of aromatic nitrogens is 4. The molecule has 3 aromatic carbocycles. The molecule has 2 aliphatic heterocycles. The Morgan fingerprint density at radius 3 is 2.49 bits per heavy atom. The number of imidazole rings is 1. The number of hydrogen-bond donors (Lipinski definition) is 0. The van der Waals surface area contributed by atoms with Crippen LogP contribution in [-0.2, 0) is 16.6 Å². The standard InChI is InChI=1S/C34H39N7O3S/c1-22(2)34-37-30-12-11-29(41(45(4,42)43)28-13-16-39(17-14-28)32-6-5-15-35-32)20-31(30)40(34)21-24-7-8-25-9-10-26(19-27(25)18-24)33-36-23(3)44-38-33/h7-12,18-20,22,28H,5-6,13-17,21H2,1-4H3. The molecule has 0 amide bonds. The molecule has 0 saturated carbocycles. The zero-order chi connectivity index (χ0) is 31.3. The Balaban J connectivity index is 1.23.